The number of benzene rings is 3. The lowest BCUT2D eigenvalue weighted by Gasteiger charge is -2.13. The van der Waals surface area contributed by atoms with E-state index in [2.05, 4.69) is 0 Å². The Morgan fingerprint density at radius 1 is 0.762 bits per heavy atom. The van der Waals surface area contributed by atoms with Gasteiger partial charge in [0, 0.05) is 11.5 Å². The predicted octanol–water partition coefficient (Wildman–Crippen LogP) is 3.72. The first-order valence-corrected chi connectivity index (χ1v) is 6.53. The van der Waals surface area contributed by atoms with Crippen molar-refractivity contribution in [2.45, 2.75) is 0 Å². The fourth-order valence-electron chi connectivity index (χ4n) is 2.59. The van der Waals surface area contributed by atoms with E-state index in [0.29, 0.717) is 5.75 Å². The van der Waals surface area contributed by atoms with Crippen molar-refractivity contribution in [1.29, 1.82) is 0 Å². The Morgan fingerprint density at radius 3 is 2.14 bits per heavy atom. The lowest BCUT2D eigenvalue weighted by atomic mass is 10.00. The standard InChI is InChI=1S/C17H16O4/c1-19-12-6-11-5-4-10-7-14(18)15(20-2)9-13(10)17(11)16(8-12)21-3/h4-9,18H,1-3H3. The van der Waals surface area contributed by atoms with Gasteiger partial charge in [0.15, 0.2) is 11.5 Å². The van der Waals surface area contributed by atoms with E-state index in [1.807, 2.05) is 30.3 Å². The summed E-state index contributed by atoms with van der Waals surface area (Å²) in [6, 6.07) is 11.3. The molecule has 1 N–H and O–H groups in total. The first kappa shape index (κ1) is 13.4. The third kappa shape index (κ3) is 2.09. The van der Waals surface area contributed by atoms with Crippen LogP contribution in [0.2, 0.25) is 0 Å². The van der Waals surface area contributed by atoms with Crippen molar-refractivity contribution in [2.24, 2.45) is 0 Å². The van der Waals surface area contributed by atoms with Crippen molar-refractivity contribution in [2.75, 3.05) is 21.3 Å². The number of phenols is 1. The molecule has 0 bridgehead atoms. The number of methoxy groups -OCH3 is 3. The Bertz CT molecular complexity index is 824. The molecule has 0 radical (unpaired) electrons. The van der Waals surface area contributed by atoms with Gasteiger partial charge >= 0.3 is 0 Å². The summed E-state index contributed by atoms with van der Waals surface area (Å²) < 4.78 is 16.0. The second-order valence-corrected chi connectivity index (χ2v) is 4.74. The van der Waals surface area contributed by atoms with E-state index in [0.717, 1.165) is 33.0 Å². The van der Waals surface area contributed by atoms with Crippen LogP contribution in [0.4, 0.5) is 0 Å². The first-order chi connectivity index (χ1) is 10.2. The third-order valence-electron chi connectivity index (χ3n) is 3.62. The average molecular weight is 284 g/mol. The summed E-state index contributed by atoms with van der Waals surface area (Å²) in [4.78, 5) is 0. The van der Waals surface area contributed by atoms with Gasteiger partial charge in [0.2, 0.25) is 0 Å². The number of hydrogen-bond donors (Lipinski definition) is 1. The third-order valence-corrected chi connectivity index (χ3v) is 3.62. The van der Waals surface area contributed by atoms with Crippen LogP contribution < -0.4 is 14.2 Å². The van der Waals surface area contributed by atoms with Gasteiger partial charge in [-0.25, -0.2) is 0 Å². The largest absolute Gasteiger partial charge is 0.504 e. The zero-order valence-corrected chi connectivity index (χ0v) is 12.1. The minimum Gasteiger partial charge on any atom is -0.504 e. The summed E-state index contributed by atoms with van der Waals surface area (Å²) in [6.07, 6.45) is 0. The zero-order valence-electron chi connectivity index (χ0n) is 12.1. The molecule has 0 saturated heterocycles. The van der Waals surface area contributed by atoms with E-state index >= 15 is 0 Å². The summed E-state index contributed by atoms with van der Waals surface area (Å²) in [5.41, 5.74) is 0. The van der Waals surface area contributed by atoms with Gasteiger partial charge in [-0.15, -0.1) is 0 Å². The quantitative estimate of drug-likeness (QED) is 0.745. The van der Waals surface area contributed by atoms with Crippen molar-refractivity contribution in [1.82, 2.24) is 0 Å². The Balaban J connectivity index is 2.46. The van der Waals surface area contributed by atoms with E-state index < -0.39 is 0 Å². The van der Waals surface area contributed by atoms with Gasteiger partial charge in [0.25, 0.3) is 0 Å². The molecule has 0 amide bonds. The predicted molar refractivity (Wildman–Crippen MR) is 82.8 cm³/mol. The average Bonchev–Trinajstić information content (AvgIpc) is 2.52. The molecule has 4 nitrogen and oxygen atoms in total. The Hall–Kier alpha value is -2.62. The molecule has 3 aromatic carbocycles. The first-order valence-electron chi connectivity index (χ1n) is 6.53. The monoisotopic (exact) mass is 284 g/mol. The molecular formula is C17H16O4. The SMILES string of the molecule is COc1cc(OC)c2c(ccc3cc(O)c(OC)cc32)c1. The highest BCUT2D eigenvalue weighted by molar-refractivity contribution is 6.11. The highest BCUT2D eigenvalue weighted by atomic mass is 16.5. The van der Waals surface area contributed by atoms with Gasteiger partial charge in [0.05, 0.1) is 21.3 Å². The van der Waals surface area contributed by atoms with Crippen molar-refractivity contribution < 1.29 is 19.3 Å². The molecule has 0 aliphatic carbocycles. The van der Waals surface area contributed by atoms with Crippen molar-refractivity contribution in [3.8, 4) is 23.0 Å². The number of ether oxygens (including phenoxy) is 3. The van der Waals surface area contributed by atoms with Gasteiger partial charge in [-0.3, -0.25) is 0 Å². The van der Waals surface area contributed by atoms with Crippen LogP contribution in [0.15, 0.2) is 36.4 Å². The van der Waals surface area contributed by atoms with E-state index in [4.69, 9.17) is 14.2 Å². The van der Waals surface area contributed by atoms with Gasteiger partial charge in [-0.2, -0.15) is 0 Å². The van der Waals surface area contributed by atoms with Crippen molar-refractivity contribution in [3.63, 3.8) is 0 Å². The minimum atomic E-state index is 0.122. The maximum Gasteiger partial charge on any atom is 0.161 e. The Kier molecular flexibility index (Phi) is 3.22. The van der Waals surface area contributed by atoms with E-state index in [1.165, 1.54) is 7.11 Å². The van der Waals surface area contributed by atoms with Crippen LogP contribution in [-0.4, -0.2) is 26.4 Å². The van der Waals surface area contributed by atoms with E-state index in [-0.39, 0.29) is 5.75 Å². The van der Waals surface area contributed by atoms with Crippen LogP contribution in [0.3, 0.4) is 0 Å². The van der Waals surface area contributed by atoms with Gasteiger partial charge in [-0.1, -0.05) is 12.1 Å². The van der Waals surface area contributed by atoms with Crippen LogP contribution in [0, 0.1) is 0 Å². The molecule has 0 unspecified atom stereocenters. The van der Waals surface area contributed by atoms with Crippen LogP contribution in [-0.2, 0) is 0 Å². The molecule has 0 aromatic heterocycles. The molecule has 0 spiro atoms. The van der Waals surface area contributed by atoms with Crippen molar-refractivity contribution in [3.05, 3.63) is 36.4 Å². The minimum absolute atomic E-state index is 0.122. The maximum atomic E-state index is 9.91. The smallest absolute Gasteiger partial charge is 0.161 e. The number of rotatable bonds is 3. The molecule has 4 heteroatoms. The molecule has 0 aliphatic heterocycles. The van der Waals surface area contributed by atoms with Crippen LogP contribution in [0.5, 0.6) is 23.0 Å². The molecule has 0 heterocycles. The lowest BCUT2D eigenvalue weighted by molar-refractivity contribution is 0.374. The maximum absolute atomic E-state index is 9.91. The molecular weight excluding hydrogens is 268 g/mol. The van der Waals surface area contributed by atoms with Gasteiger partial charge in [0.1, 0.15) is 11.5 Å². The molecule has 0 aliphatic rings. The highest BCUT2D eigenvalue weighted by Gasteiger charge is 2.12. The fourth-order valence-corrected chi connectivity index (χ4v) is 2.59. The summed E-state index contributed by atoms with van der Waals surface area (Å²) in [6.45, 7) is 0. The molecule has 108 valence electrons. The lowest BCUT2D eigenvalue weighted by Crippen LogP contribution is -1.91. The zero-order chi connectivity index (χ0) is 15.0. The number of fused-ring (bicyclic) bond motifs is 3. The van der Waals surface area contributed by atoms with Crippen LogP contribution in [0.25, 0.3) is 21.5 Å². The highest BCUT2D eigenvalue weighted by Crippen LogP contribution is 2.40. The molecule has 0 atom stereocenters. The molecule has 0 saturated carbocycles. The second kappa shape index (κ2) is 5.05. The van der Waals surface area contributed by atoms with E-state index in [9.17, 15) is 5.11 Å². The summed E-state index contributed by atoms with van der Waals surface area (Å²) in [7, 11) is 4.79. The molecule has 3 aromatic rings. The summed E-state index contributed by atoms with van der Waals surface area (Å²) >= 11 is 0. The fraction of sp³-hybridized carbons (Fsp3) is 0.176. The Morgan fingerprint density at radius 2 is 1.48 bits per heavy atom. The topological polar surface area (TPSA) is 47.9 Å². The van der Waals surface area contributed by atoms with Crippen LogP contribution in [0.1, 0.15) is 0 Å². The van der Waals surface area contributed by atoms with Crippen molar-refractivity contribution >= 4 is 21.5 Å². The molecule has 21 heavy (non-hydrogen) atoms. The molecule has 0 fully saturated rings. The van der Waals surface area contributed by atoms with Crippen LogP contribution >= 0.6 is 0 Å². The number of hydrogen-bond acceptors (Lipinski definition) is 4. The summed E-state index contributed by atoms with van der Waals surface area (Å²) in [5, 5.41) is 13.8. The number of phenolic OH excluding ortho intramolecular Hbond substituents is 1. The van der Waals surface area contributed by atoms with Gasteiger partial charge in [-0.05, 0) is 34.4 Å². The van der Waals surface area contributed by atoms with Gasteiger partial charge < -0.3 is 19.3 Å². The van der Waals surface area contributed by atoms with E-state index in [1.54, 1.807) is 20.3 Å². The summed E-state index contributed by atoms with van der Waals surface area (Å²) in [5.74, 6) is 2.02. The normalized spacial score (nSPS) is 10.8. The number of aromatic hydroxyl groups is 1. The molecule has 3 rings (SSSR count). The Labute approximate surface area is 122 Å². The second-order valence-electron chi connectivity index (χ2n) is 4.74.